The normalized spacial score (nSPS) is 11.0. The van der Waals surface area contributed by atoms with E-state index in [-0.39, 0.29) is 5.91 Å². The van der Waals surface area contributed by atoms with E-state index in [0.717, 1.165) is 17.1 Å². The molecule has 8 heteroatoms. The Morgan fingerprint density at radius 1 is 0.967 bits per heavy atom. The minimum atomic E-state index is -0.299. The summed E-state index contributed by atoms with van der Waals surface area (Å²) in [5, 5.41) is 15.6. The van der Waals surface area contributed by atoms with Gasteiger partial charge in [-0.2, -0.15) is 5.10 Å². The number of aromatic nitrogens is 6. The molecule has 0 atom stereocenters. The Labute approximate surface area is 171 Å². The zero-order valence-electron chi connectivity index (χ0n) is 16.1. The van der Waals surface area contributed by atoms with Crippen molar-refractivity contribution in [2.75, 3.05) is 5.32 Å². The fourth-order valence-corrected chi connectivity index (χ4v) is 3.45. The highest BCUT2D eigenvalue weighted by Gasteiger charge is 2.25. The molecule has 0 bridgehead atoms. The topological polar surface area (TPSA) is 90.0 Å². The standard InChI is InChI=1S/C22H17N7O/c1-15-19(18-12-13-23-22-26-24-14-28(18)22)20(21(30)25-16-8-4-2-5-9-16)27-29(15)17-10-6-3-7-11-17/h2-14H,1H3,(H,25,30). The van der Waals surface area contributed by atoms with Crippen LogP contribution in [-0.2, 0) is 0 Å². The van der Waals surface area contributed by atoms with E-state index >= 15 is 0 Å². The number of benzene rings is 2. The highest BCUT2D eigenvalue weighted by Crippen LogP contribution is 2.29. The monoisotopic (exact) mass is 395 g/mol. The maximum Gasteiger partial charge on any atom is 0.276 e. The van der Waals surface area contributed by atoms with E-state index in [9.17, 15) is 4.79 Å². The number of carbonyl (C=O) groups is 1. The third-order valence-electron chi connectivity index (χ3n) is 4.83. The molecule has 3 aromatic heterocycles. The van der Waals surface area contributed by atoms with E-state index in [1.807, 2.05) is 73.7 Å². The molecule has 0 fully saturated rings. The Kier molecular flexibility index (Phi) is 4.29. The van der Waals surface area contributed by atoms with E-state index in [0.29, 0.717) is 22.7 Å². The van der Waals surface area contributed by atoms with Gasteiger partial charge in [0.1, 0.15) is 6.33 Å². The first kappa shape index (κ1) is 17.7. The highest BCUT2D eigenvalue weighted by molar-refractivity contribution is 6.07. The summed E-state index contributed by atoms with van der Waals surface area (Å²) < 4.78 is 3.52. The van der Waals surface area contributed by atoms with Gasteiger partial charge in [-0.15, -0.1) is 10.2 Å². The van der Waals surface area contributed by atoms with Gasteiger partial charge in [0, 0.05) is 11.9 Å². The number of fused-ring (bicyclic) bond motifs is 1. The van der Waals surface area contributed by atoms with Gasteiger partial charge in [0.15, 0.2) is 5.69 Å². The van der Waals surface area contributed by atoms with Crippen molar-refractivity contribution in [2.24, 2.45) is 0 Å². The summed E-state index contributed by atoms with van der Waals surface area (Å²) >= 11 is 0. The Hall–Kier alpha value is -4.33. The molecule has 0 saturated heterocycles. The second-order valence-electron chi connectivity index (χ2n) is 6.71. The van der Waals surface area contributed by atoms with Crippen LogP contribution in [0.15, 0.2) is 79.3 Å². The van der Waals surface area contributed by atoms with Gasteiger partial charge in [-0.05, 0) is 37.3 Å². The first-order chi connectivity index (χ1) is 14.7. The van der Waals surface area contributed by atoms with E-state index in [1.165, 1.54) is 0 Å². The smallest absolute Gasteiger partial charge is 0.276 e. The van der Waals surface area contributed by atoms with Crippen LogP contribution in [0.4, 0.5) is 5.69 Å². The van der Waals surface area contributed by atoms with Crippen LogP contribution in [0.5, 0.6) is 0 Å². The van der Waals surface area contributed by atoms with Crippen LogP contribution < -0.4 is 5.32 Å². The number of nitrogens with zero attached hydrogens (tertiary/aromatic N) is 6. The Morgan fingerprint density at radius 3 is 2.47 bits per heavy atom. The van der Waals surface area contributed by atoms with Gasteiger partial charge in [-0.25, -0.2) is 9.67 Å². The molecule has 5 aromatic rings. The molecular weight excluding hydrogens is 378 g/mol. The second kappa shape index (κ2) is 7.25. The van der Waals surface area contributed by atoms with Crippen molar-refractivity contribution in [2.45, 2.75) is 6.92 Å². The van der Waals surface area contributed by atoms with Gasteiger partial charge in [-0.3, -0.25) is 9.20 Å². The van der Waals surface area contributed by atoms with Crippen molar-refractivity contribution in [3.63, 3.8) is 0 Å². The quantitative estimate of drug-likeness (QED) is 0.503. The van der Waals surface area contributed by atoms with Crippen molar-refractivity contribution < 1.29 is 4.79 Å². The van der Waals surface area contributed by atoms with Crippen molar-refractivity contribution in [3.05, 3.63) is 90.6 Å². The Balaban J connectivity index is 1.71. The molecule has 2 aromatic carbocycles. The first-order valence-corrected chi connectivity index (χ1v) is 9.39. The van der Waals surface area contributed by atoms with Gasteiger partial charge in [0.25, 0.3) is 11.7 Å². The zero-order valence-corrected chi connectivity index (χ0v) is 16.1. The highest BCUT2D eigenvalue weighted by atomic mass is 16.2. The molecule has 1 N–H and O–H groups in total. The number of amides is 1. The molecule has 1 amide bonds. The fourth-order valence-electron chi connectivity index (χ4n) is 3.45. The van der Waals surface area contributed by atoms with Crippen molar-refractivity contribution >= 4 is 17.4 Å². The molecule has 0 aliphatic rings. The van der Waals surface area contributed by atoms with Gasteiger partial charge in [0.05, 0.1) is 22.6 Å². The summed E-state index contributed by atoms with van der Waals surface area (Å²) in [7, 11) is 0. The third kappa shape index (κ3) is 3.00. The van der Waals surface area contributed by atoms with Crippen molar-refractivity contribution in [3.8, 4) is 16.9 Å². The number of anilines is 1. The Bertz CT molecular complexity index is 1340. The summed E-state index contributed by atoms with van der Waals surface area (Å²) in [4.78, 5) is 17.5. The molecule has 0 unspecified atom stereocenters. The maximum absolute atomic E-state index is 13.2. The summed E-state index contributed by atoms with van der Waals surface area (Å²) in [5.74, 6) is 0.154. The third-order valence-corrected chi connectivity index (χ3v) is 4.83. The summed E-state index contributed by atoms with van der Waals surface area (Å²) in [6, 6.07) is 20.8. The van der Waals surface area contributed by atoms with Gasteiger partial charge < -0.3 is 5.32 Å². The van der Waals surface area contributed by atoms with Crippen molar-refractivity contribution in [1.82, 2.24) is 29.4 Å². The molecule has 30 heavy (non-hydrogen) atoms. The van der Waals surface area contributed by atoms with Crippen LogP contribution in [0, 0.1) is 6.92 Å². The number of rotatable bonds is 4. The number of hydrogen-bond acceptors (Lipinski definition) is 5. The molecule has 8 nitrogen and oxygen atoms in total. The molecule has 0 aliphatic heterocycles. The van der Waals surface area contributed by atoms with Crippen molar-refractivity contribution in [1.29, 1.82) is 0 Å². The van der Waals surface area contributed by atoms with Crippen LogP contribution in [0.25, 0.3) is 22.7 Å². The summed E-state index contributed by atoms with van der Waals surface area (Å²) in [6.07, 6.45) is 3.23. The molecule has 5 rings (SSSR count). The van der Waals surface area contributed by atoms with Crippen LogP contribution >= 0.6 is 0 Å². The average molecular weight is 395 g/mol. The lowest BCUT2D eigenvalue weighted by Crippen LogP contribution is -2.14. The molecule has 0 spiro atoms. The molecule has 146 valence electrons. The van der Waals surface area contributed by atoms with Gasteiger partial charge >= 0.3 is 0 Å². The molecule has 0 radical (unpaired) electrons. The number of carbonyl (C=O) groups excluding carboxylic acids is 1. The predicted molar refractivity (Wildman–Crippen MR) is 112 cm³/mol. The predicted octanol–water partition coefficient (Wildman–Crippen LogP) is 3.54. The van der Waals surface area contributed by atoms with Gasteiger partial charge in [-0.1, -0.05) is 36.4 Å². The second-order valence-corrected chi connectivity index (χ2v) is 6.71. The minimum Gasteiger partial charge on any atom is -0.321 e. The average Bonchev–Trinajstić information content (AvgIpc) is 3.39. The molecular formula is C22H17N7O. The van der Waals surface area contributed by atoms with Gasteiger partial charge in [0.2, 0.25) is 0 Å². The van der Waals surface area contributed by atoms with E-state index in [4.69, 9.17) is 0 Å². The molecule has 0 aliphatic carbocycles. The van der Waals surface area contributed by atoms with Crippen LogP contribution in [0.1, 0.15) is 16.2 Å². The minimum absolute atomic E-state index is 0.299. The van der Waals surface area contributed by atoms with E-state index < -0.39 is 0 Å². The van der Waals surface area contributed by atoms with E-state index in [1.54, 1.807) is 21.6 Å². The van der Waals surface area contributed by atoms with Crippen LogP contribution in [0.2, 0.25) is 0 Å². The lowest BCUT2D eigenvalue weighted by molar-refractivity contribution is 0.102. The number of nitrogens with one attached hydrogen (secondary N) is 1. The van der Waals surface area contributed by atoms with Crippen LogP contribution in [-0.4, -0.2) is 35.3 Å². The molecule has 3 heterocycles. The fraction of sp³-hybridized carbons (Fsp3) is 0.0455. The lowest BCUT2D eigenvalue weighted by atomic mass is 10.1. The summed E-state index contributed by atoms with van der Waals surface area (Å²) in [5.41, 5.74) is 4.12. The number of para-hydroxylation sites is 2. The zero-order chi connectivity index (χ0) is 20.5. The number of hydrogen-bond donors (Lipinski definition) is 1. The largest absolute Gasteiger partial charge is 0.321 e. The summed E-state index contributed by atoms with van der Waals surface area (Å²) in [6.45, 7) is 1.94. The van der Waals surface area contributed by atoms with E-state index in [2.05, 4.69) is 25.6 Å². The lowest BCUT2D eigenvalue weighted by Gasteiger charge is -2.08. The maximum atomic E-state index is 13.2. The molecule has 0 saturated carbocycles. The first-order valence-electron chi connectivity index (χ1n) is 9.39. The SMILES string of the molecule is Cc1c(-c2ccnc3nncn23)c(C(=O)Nc2ccccc2)nn1-c1ccccc1. The Morgan fingerprint density at radius 2 is 1.70 bits per heavy atom. The van der Waals surface area contributed by atoms with Crippen LogP contribution in [0.3, 0.4) is 0 Å².